The van der Waals surface area contributed by atoms with Crippen molar-refractivity contribution < 1.29 is 18.0 Å². The van der Waals surface area contributed by atoms with Crippen LogP contribution in [0.1, 0.15) is 15.9 Å². The molecule has 5 nitrogen and oxygen atoms in total. The van der Waals surface area contributed by atoms with Gasteiger partial charge in [0.15, 0.2) is 0 Å². The molecule has 0 aliphatic heterocycles. The highest BCUT2D eigenvalue weighted by atomic mass is 19.4. The Morgan fingerprint density at radius 1 is 1.32 bits per heavy atom. The van der Waals surface area contributed by atoms with Crippen molar-refractivity contribution in [1.29, 1.82) is 0 Å². The Bertz CT molecular complexity index is 633. The van der Waals surface area contributed by atoms with Crippen LogP contribution in [0.15, 0.2) is 30.6 Å². The van der Waals surface area contributed by atoms with E-state index in [1.54, 1.807) is 0 Å². The fourth-order valence-electron chi connectivity index (χ4n) is 1.61. The third-order valence-corrected chi connectivity index (χ3v) is 2.47. The Labute approximate surface area is 105 Å². The Morgan fingerprint density at radius 3 is 2.53 bits per heavy atom. The predicted octanol–water partition coefficient (Wildman–Crippen LogP) is 1.57. The van der Waals surface area contributed by atoms with Crippen LogP contribution in [0, 0.1) is 0 Å². The van der Waals surface area contributed by atoms with Gasteiger partial charge in [-0.25, -0.2) is 4.68 Å². The van der Waals surface area contributed by atoms with Gasteiger partial charge in [0.25, 0.3) is 5.91 Å². The minimum Gasteiger partial charge on any atom is -0.397 e. The smallest absolute Gasteiger partial charge is 0.397 e. The third kappa shape index (κ3) is 2.37. The lowest BCUT2D eigenvalue weighted by atomic mass is 10.1. The van der Waals surface area contributed by atoms with E-state index < -0.39 is 17.6 Å². The molecule has 19 heavy (non-hydrogen) atoms. The monoisotopic (exact) mass is 270 g/mol. The van der Waals surface area contributed by atoms with Crippen LogP contribution in [0.4, 0.5) is 18.9 Å². The summed E-state index contributed by atoms with van der Waals surface area (Å²) in [7, 11) is 0. The van der Waals surface area contributed by atoms with Crippen LogP contribution in [0.3, 0.4) is 0 Å². The van der Waals surface area contributed by atoms with Gasteiger partial charge in [-0.2, -0.15) is 18.3 Å². The molecular weight excluding hydrogens is 261 g/mol. The van der Waals surface area contributed by atoms with Crippen molar-refractivity contribution >= 4 is 11.6 Å². The number of nitrogens with two attached hydrogens (primary N) is 2. The van der Waals surface area contributed by atoms with Crippen LogP contribution < -0.4 is 11.5 Å². The van der Waals surface area contributed by atoms with Gasteiger partial charge in [-0.15, -0.1) is 0 Å². The summed E-state index contributed by atoms with van der Waals surface area (Å²) in [6, 6.07) is 4.28. The number of halogens is 3. The van der Waals surface area contributed by atoms with Gasteiger partial charge in [-0.05, 0) is 12.1 Å². The van der Waals surface area contributed by atoms with Gasteiger partial charge >= 0.3 is 6.18 Å². The zero-order valence-corrected chi connectivity index (χ0v) is 9.48. The highest BCUT2D eigenvalue weighted by Gasteiger charge is 2.32. The van der Waals surface area contributed by atoms with Gasteiger partial charge in [0.2, 0.25) is 0 Å². The van der Waals surface area contributed by atoms with E-state index in [1.165, 1.54) is 18.2 Å². The second-order valence-electron chi connectivity index (χ2n) is 3.78. The maximum absolute atomic E-state index is 12.5. The number of carbonyl (C=O) groups is 1. The lowest BCUT2D eigenvalue weighted by Crippen LogP contribution is -2.16. The van der Waals surface area contributed by atoms with Crippen molar-refractivity contribution in [2.24, 2.45) is 5.73 Å². The Kier molecular flexibility index (Phi) is 2.93. The van der Waals surface area contributed by atoms with Crippen molar-refractivity contribution in [2.45, 2.75) is 6.18 Å². The molecule has 2 aromatic rings. The Morgan fingerprint density at radius 2 is 2.00 bits per heavy atom. The van der Waals surface area contributed by atoms with Gasteiger partial charge < -0.3 is 11.5 Å². The highest BCUT2D eigenvalue weighted by molar-refractivity contribution is 5.98. The van der Waals surface area contributed by atoms with Gasteiger partial charge in [0.05, 0.1) is 23.0 Å². The zero-order chi connectivity index (χ0) is 14.2. The highest BCUT2D eigenvalue weighted by Crippen LogP contribution is 2.30. The molecule has 0 aliphatic rings. The van der Waals surface area contributed by atoms with E-state index in [4.69, 9.17) is 11.5 Å². The molecule has 1 aromatic heterocycles. The Balaban J connectivity index is 2.59. The molecule has 4 N–H and O–H groups in total. The summed E-state index contributed by atoms with van der Waals surface area (Å²) in [5.74, 6) is -0.800. The maximum Gasteiger partial charge on any atom is 0.419 e. The van der Waals surface area contributed by atoms with E-state index >= 15 is 0 Å². The number of amides is 1. The molecule has 0 fully saturated rings. The molecule has 100 valence electrons. The van der Waals surface area contributed by atoms with Crippen LogP contribution in [0.5, 0.6) is 0 Å². The minimum absolute atomic E-state index is 0.00294. The summed E-state index contributed by atoms with van der Waals surface area (Å²) in [5.41, 5.74) is 10.0. The molecule has 0 bridgehead atoms. The molecule has 8 heteroatoms. The first-order chi connectivity index (χ1) is 8.80. The number of primary amides is 1. The minimum atomic E-state index is -4.52. The normalized spacial score (nSPS) is 11.5. The number of benzene rings is 1. The van der Waals surface area contributed by atoms with Crippen molar-refractivity contribution in [2.75, 3.05) is 5.73 Å². The number of aromatic nitrogens is 2. The number of nitrogen functional groups attached to an aromatic ring is 1. The SMILES string of the molecule is NC(=O)c1cccc(N)c1-n1cc(C(F)(F)F)cn1. The predicted molar refractivity (Wildman–Crippen MR) is 61.5 cm³/mol. The van der Waals surface area contributed by atoms with Crippen LogP contribution in [-0.2, 0) is 6.18 Å². The van der Waals surface area contributed by atoms with Crippen molar-refractivity contribution in [3.05, 3.63) is 41.7 Å². The van der Waals surface area contributed by atoms with Gasteiger partial charge in [-0.3, -0.25) is 4.79 Å². The topological polar surface area (TPSA) is 86.9 Å². The molecule has 0 saturated carbocycles. The summed E-state index contributed by atoms with van der Waals surface area (Å²) in [6.07, 6.45) is -3.12. The van der Waals surface area contributed by atoms with Crippen molar-refractivity contribution in [3.8, 4) is 5.69 Å². The molecular formula is C11H9F3N4O. The van der Waals surface area contributed by atoms with E-state index in [-0.39, 0.29) is 16.9 Å². The van der Waals surface area contributed by atoms with E-state index in [0.29, 0.717) is 6.20 Å². The Hall–Kier alpha value is -2.51. The number of hydrogen-bond acceptors (Lipinski definition) is 3. The van der Waals surface area contributed by atoms with Crippen molar-refractivity contribution in [3.63, 3.8) is 0 Å². The van der Waals surface area contributed by atoms with Gasteiger partial charge in [0.1, 0.15) is 5.69 Å². The first-order valence-electron chi connectivity index (χ1n) is 5.11. The summed E-state index contributed by atoms with van der Waals surface area (Å²) in [6.45, 7) is 0. The molecule has 0 atom stereocenters. The number of anilines is 1. The molecule has 0 radical (unpaired) electrons. The molecule has 1 heterocycles. The average molecular weight is 270 g/mol. The fourth-order valence-corrected chi connectivity index (χ4v) is 1.61. The second-order valence-corrected chi connectivity index (χ2v) is 3.78. The third-order valence-electron chi connectivity index (χ3n) is 2.47. The second kappa shape index (κ2) is 4.30. The number of nitrogens with zero attached hydrogens (tertiary/aromatic N) is 2. The van der Waals surface area contributed by atoms with Crippen LogP contribution >= 0.6 is 0 Å². The van der Waals surface area contributed by atoms with Crippen LogP contribution in [-0.4, -0.2) is 15.7 Å². The largest absolute Gasteiger partial charge is 0.419 e. The van der Waals surface area contributed by atoms with Crippen LogP contribution in [0.25, 0.3) is 5.69 Å². The molecule has 0 unspecified atom stereocenters. The molecule has 0 saturated heterocycles. The van der Waals surface area contributed by atoms with E-state index in [0.717, 1.165) is 10.9 Å². The molecule has 1 aromatic carbocycles. The summed E-state index contributed by atoms with van der Waals surface area (Å²) >= 11 is 0. The fraction of sp³-hybridized carbons (Fsp3) is 0.0909. The lowest BCUT2D eigenvalue weighted by Gasteiger charge is -2.09. The van der Waals surface area contributed by atoms with E-state index in [9.17, 15) is 18.0 Å². The standard InChI is InChI=1S/C11H9F3N4O/c12-11(13,14)6-4-17-18(5-6)9-7(10(16)19)2-1-3-8(9)15/h1-5H,15H2,(H2,16,19). The number of carbonyl (C=O) groups excluding carboxylic acids is 1. The molecule has 2 rings (SSSR count). The number of para-hydroxylation sites is 1. The van der Waals surface area contributed by atoms with Crippen LogP contribution in [0.2, 0.25) is 0 Å². The number of alkyl halides is 3. The summed E-state index contributed by atoms with van der Waals surface area (Å²) < 4.78 is 38.4. The van der Waals surface area contributed by atoms with Gasteiger partial charge in [0, 0.05) is 6.20 Å². The van der Waals surface area contributed by atoms with Crippen molar-refractivity contribution in [1.82, 2.24) is 9.78 Å². The first-order valence-corrected chi connectivity index (χ1v) is 5.11. The molecule has 0 aliphatic carbocycles. The van der Waals surface area contributed by atoms with E-state index in [2.05, 4.69) is 5.10 Å². The molecule has 1 amide bonds. The quantitative estimate of drug-likeness (QED) is 0.812. The maximum atomic E-state index is 12.5. The summed E-state index contributed by atoms with van der Waals surface area (Å²) in [5, 5.41) is 3.57. The average Bonchev–Trinajstić information content (AvgIpc) is 2.77. The zero-order valence-electron chi connectivity index (χ0n) is 9.48. The summed E-state index contributed by atoms with van der Waals surface area (Å²) in [4.78, 5) is 11.3. The lowest BCUT2D eigenvalue weighted by molar-refractivity contribution is -0.137. The van der Waals surface area contributed by atoms with Gasteiger partial charge in [-0.1, -0.05) is 6.07 Å². The number of rotatable bonds is 2. The number of hydrogen-bond donors (Lipinski definition) is 2. The molecule has 0 spiro atoms. The first kappa shape index (κ1) is 12.9. The van der Waals surface area contributed by atoms with E-state index in [1.807, 2.05) is 0 Å².